The van der Waals surface area contributed by atoms with Gasteiger partial charge in [-0.15, -0.1) is 0 Å². The summed E-state index contributed by atoms with van der Waals surface area (Å²) in [4.78, 5) is 23.0. The van der Waals surface area contributed by atoms with Crippen LogP contribution < -0.4 is 5.32 Å². The van der Waals surface area contributed by atoms with Gasteiger partial charge in [-0.25, -0.2) is 0 Å². The molecule has 2 rings (SSSR count). The van der Waals surface area contributed by atoms with Gasteiger partial charge in [0.15, 0.2) is 0 Å². The van der Waals surface area contributed by atoms with Crippen molar-refractivity contribution in [1.29, 1.82) is 0 Å². The molecular formula is C16H15NO2. The number of para-hydroxylation sites is 1. The Bertz CT molecular complexity index is 537. The van der Waals surface area contributed by atoms with Gasteiger partial charge in [-0.1, -0.05) is 48.5 Å². The van der Waals surface area contributed by atoms with E-state index in [0.717, 1.165) is 17.5 Å². The normalized spacial score (nSPS) is 11.6. The highest BCUT2D eigenvalue weighted by atomic mass is 16.1. The van der Waals surface area contributed by atoms with E-state index < -0.39 is 5.92 Å². The Hall–Kier alpha value is -2.42. The standard InChI is InChI=1S/C16H15NO2/c18-12-14(13-7-3-1-4-8-13)11-16(19)17-15-9-5-2-6-10-15/h1-10,12,14H,11H2,(H,17,19). The van der Waals surface area contributed by atoms with Gasteiger partial charge in [0.1, 0.15) is 6.29 Å². The molecule has 96 valence electrons. The van der Waals surface area contributed by atoms with E-state index in [9.17, 15) is 9.59 Å². The van der Waals surface area contributed by atoms with Crippen molar-refractivity contribution in [3.8, 4) is 0 Å². The molecule has 0 radical (unpaired) electrons. The van der Waals surface area contributed by atoms with Gasteiger partial charge in [0.2, 0.25) is 5.91 Å². The summed E-state index contributed by atoms with van der Waals surface area (Å²) in [6.07, 6.45) is 0.975. The Morgan fingerprint density at radius 2 is 1.58 bits per heavy atom. The van der Waals surface area contributed by atoms with Crippen LogP contribution in [0.25, 0.3) is 0 Å². The van der Waals surface area contributed by atoms with E-state index in [1.807, 2.05) is 60.7 Å². The summed E-state index contributed by atoms with van der Waals surface area (Å²) in [5, 5.41) is 2.78. The first-order valence-electron chi connectivity index (χ1n) is 6.15. The lowest BCUT2D eigenvalue weighted by Crippen LogP contribution is -2.16. The van der Waals surface area contributed by atoms with Crippen molar-refractivity contribution in [2.45, 2.75) is 12.3 Å². The molecule has 0 aliphatic rings. The van der Waals surface area contributed by atoms with Crippen LogP contribution in [0.5, 0.6) is 0 Å². The van der Waals surface area contributed by atoms with Crippen molar-refractivity contribution in [2.24, 2.45) is 0 Å². The van der Waals surface area contributed by atoms with E-state index >= 15 is 0 Å². The van der Waals surface area contributed by atoms with Crippen LogP contribution in [0.2, 0.25) is 0 Å². The second kappa shape index (κ2) is 6.50. The molecule has 0 aliphatic heterocycles. The molecule has 2 aromatic rings. The number of amides is 1. The van der Waals surface area contributed by atoms with Crippen LogP contribution in [-0.4, -0.2) is 12.2 Å². The minimum atomic E-state index is -0.398. The quantitative estimate of drug-likeness (QED) is 0.833. The number of benzene rings is 2. The molecular weight excluding hydrogens is 238 g/mol. The average Bonchev–Trinajstić information content (AvgIpc) is 2.47. The molecule has 0 fully saturated rings. The Kier molecular flexibility index (Phi) is 4.45. The zero-order valence-electron chi connectivity index (χ0n) is 10.5. The van der Waals surface area contributed by atoms with Gasteiger partial charge in [-0.05, 0) is 17.7 Å². The molecule has 0 saturated heterocycles. The fourth-order valence-electron chi connectivity index (χ4n) is 1.88. The van der Waals surface area contributed by atoms with Crippen LogP contribution >= 0.6 is 0 Å². The summed E-state index contributed by atoms with van der Waals surface area (Å²) in [5.74, 6) is -0.558. The number of rotatable bonds is 5. The van der Waals surface area contributed by atoms with E-state index in [-0.39, 0.29) is 12.3 Å². The highest BCUT2D eigenvalue weighted by molar-refractivity contribution is 5.93. The van der Waals surface area contributed by atoms with Crippen molar-refractivity contribution in [1.82, 2.24) is 0 Å². The smallest absolute Gasteiger partial charge is 0.225 e. The van der Waals surface area contributed by atoms with Gasteiger partial charge >= 0.3 is 0 Å². The molecule has 0 heterocycles. The van der Waals surface area contributed by atoms with Gasteiger partial charge in [-0.2, -0.15) is 0 Å². The number of nitrogens with one attached hydrogen (secondary N) is 1. The van der Waals surface area contributed by atoms with Gasteiger partial charge < -0.3 is 10.1 Å². The first kappa shape index (κ1) is 13.0. The van der Waals surface area contributed by atoms with Crippen molar-refractivity contribution < 1.29 is 9.59 Å². The Morgan fingerprint density at radius 3 is 2.16 bits per heavy atom. The molecule has 0 saturated carbocycles. The van der Waals surface area contributed by atoms with Crippen molar-refractivity contribution >= 4 is 17.9 Å². The number of hydrogen-bond acceptors (Lipinski definition) is 2. The second-order valence-corrected chi connectivity index (χ2v) is 4.27. The van der Waals surface area contributed by atoms with Crippen LogP contribution in [0.1, 0.15) is 17.9 Å². The monoisotopic (exact) mass is 253 g/mol. The summed E-state index contributed by atoms with van der Waals surface area (Å²) >= 11 is 0. The molecule has 1 atom stereocenters. The molecule has 0 aromatic heterocycles. The van der Waals surface area contributed by atoms with E-state index in [4.69, 9.17) is 0 Å². The molecule has 1 N–H and O–H groups in total. The van der Waals surface area contributed by atoms with Crippen molar-refractivity contribution in [3.63, 3.8) is 0 Å². The summed E-state index contributed by atoms with van der Waals surface area (Å²) in [6, 6.07) is 18.5. The van der Waals surface area contributed by atoms with E-state index in [1.165, 1.54) is 0 Å². The third kappa shape index (κ3) is 3.78. The summed E-state index contributed by atoms with van der Waals surface area (Å²) in [6.45, 7) is 0. The number of hydrogen-bond donors (Lipinski definition) is 1. The average molecular weight is 253 g/mol. The zero-order valence-corrected chi connectivity index (χ0v) is 10.5. The van der Waals surface area contributed by atoms with E-state index in [1.54, 1.807) is 0 Å². The van der Waals surface area contributed by atoms with Gasteiger partial charge in [0.05, 0.1) is 0 Å². The molecule has 3 nitrogen and oxygen atoms in total. The fraction of sp³-hybridized carbons (Fsp3) is 0.125. The molecule has 0 bridgehead atoms. The molecule has 19 heavy (non-hydrogen) atoms. The maximum atomic E-state index is 11.9. The zero-order chi connectivity index (χ0) is 13.5. The second-order valence-electron chi connectivity index (χ2n) is 4.27. The predicted molar refractivity (Wildman–Crippen MR) is 74.9 cm³/mol. The van der Waals surface area contributed by atoms with Gasteiger partial charge in [0.25, 0.3) is 0 Å². The number of aldehydes is 1. The third-order valence-electron chi connectivity index (χ3n) is 2.85. The minimum absolute atomic E-state index is 0.155. The molecule has 1 unspecified atom stereocenters. The minimum Gasteiger partial charge on any atom is -0.326 e. The third-order valence-corrected chi connectivity index (χ3v) is 2.85. The van der Waals surface area contributed by atoms with Crippen LogP contribution in [0, 0.1) is 0 Å². The molecule has 3 heteroatoms. The summed E-state index contributed by atoms with van der Waals surface area (Å²) < 4.78 is 0. The lowest BCUT2D eigenvalue weighted by atomic mass is 9.97. The largest absolute Gasteiger partial charge is 0.326 e. The topological polar surface area (TPSA) is 46.2 Å². The van der Waals surface area contributed by atoms with Crippen LogP contribution in [0.15, 0.2) is 60.7 Å². The lowest BCUT2D eigenvalue weighted by Gasteiger charge is -2.10. The van der Waals surface area contributed by atoms with Crippen LogP contribution in [-0.2, 0) is 9.59 Å². The van der Waals surface area contributed by atoms with Crippen molar-refractivity contribution in [2.75, 3.05) is 5.32 Å². The molecule has 0 spiro atoms. The fourth-order valence-corrected chi connectivity index (χ4v) is 1.88. The maximum absolute atomic E-state index is 11.9. The number of carbonyl (C=O) groups is 2. The molecule has 1 amide bonds. The van der Waals surface area contributed by atoms with Crippen molar-refractivity contribution in [3.05, 3.63) is 66.2 Å². The predicted octanol–water partition coefficient (Wildman–Crippen LogP) is 3.00. The first-order chi connectivity index (χ1) is 9.29. The Balaban J connectivity index is 1.99. The lowest BCUT2D eigenvalue weighted by molar-refractivity contribution is -0.119. The Morgan fingerprint density at radius 1 is 1.00 bits per heavy atom. The maximum Gasteiger partial charge on any atom is 0.225 e. The van der Waals surface area contributed by atoms with Crippen LogP contribution in [0.3, 0.4) is 0 Å². The highest BCUT2D eigenvalue weighted by Gasteiger charge is 2.14. The van der Waals surface area contributed by atoms with E-state index in [0.29, 0.717) is 0 Å². The summed E-state index contributed by atoms with van der Waals surface area (Å²) in [5.41, 5.74) is 1.60. The molecule has 0 aliphatic carbocycles. The molecule has 2 aromatic carbocycles. The number of anilines is 1. The van der Waals surface area contributed by atoms with E-state index in [2.05, 4.69) is 5.32 Å². The van der Waals surface area contributed by atoms with Crippen LogP contribution in [0.4, 0.5) is 5.69 Å². The first-order valence-corrected chi connectivity index (χ1v) is 6.15. The summed E-state index contributed by atoms with van der Waals surface area (Å²) in [7, 11) is 0. The van der Waals surface area contributed by atoms with Gasteiger partial charge in [0, 0.05) is 18.0 Å². The number of carbonyl (C=O) groups excluding carboxylic acids is 2. The SMILES string of the molecule is O=CC(CC(=O)Nc1ccccc1)c1ccccc1. The van der Waals surface area contributed by atoms with Gasteiger partial charge in [-0.3, -0.25) is 4.79 Å². The Labute approximate surface area is 112 Å². The highest BCUT2D eigenvalue weighted by Crippen LogP contribution is 2.18.